The van der Waals surface area contributed by atoms with Crippen LogP contribution in [0, 0.1) is 11.6 Å². The lowest BCUT2D eigenvalue weighted by molar-refractivity contribution is -0.116. The van der Waals surface area contributed by atoms with Crippen LogP contribution in [-0.4, -0.2) is 12.5 Å². The van der Waals surface area contributed by atoms with Gasteiger partial charge in [-0.05, 0) is 24.3 Å². The van der Waals surface area contributed by atoms with Gasteiger partial charge in [-0.25, -0.2) is 8.78 Å². The average molecular weight is 292 g/mol. The third kappa shape index (κ3) is 4.45. The van der Waals surface area contributed by atoms with E-state index in [2.05, 4.69) is 5.32 Å². The smallest absolute Gasteiger partial charge is 0.227 e. The van der Waals surface area contributed by atoms with Crippen LogP contribution in [0.1, 0.15) is 6.42 Å². The van der Waals surface area contributed by atoms with Gasteiger partial charge in [-0.1, -0.05) is 6.07 Å². The molecule has 3 N–H and O–H groups in total. The van der Waals surface area contributed by atoms with E-state index < -0.39 is 17.5 Å². The van der Waals surface area contributed by atoms with Crippen molar-refractivity contribution in [3.05, 3.63) is 54.1 Å². The molecule has 2 aromatic carbocycles. The lowest BCUT2D eigenvalue weighted by Gasteiger charge is -2.08. The normalized spacial score (nSPS) is 10.2. The second kappa shape index (κ2) is 6.69. The number of halogens is 2. The standard InChI is InChI=1S/C15H14F2N2O2/c16-10-4-5-13(17)14(8-10)19-15(20)6-7-21-12-3-1-2-11(18)9-12/h1-5,8-9H,6-7,18H2,(H,19,20). The predicted octanol–water partition coefficient (Wildman–Crippen LogP) is 2.95. The molecule has 0 bridgehead atoms. The number of anilines is 2. The summed E-state index contributed by atoms with van der Waals surface area (Å²) in [7, 11) is 0. The molecule has 0 fully saturated rings. The van der Waals surface area contributed by atoms with Crippen molar-refractivity contribution in [1.82, 2.24) is 0 Å². The summed E-state index contributed by atoms with van der Waals surface area (Å²) in [4.78, 5) is 11.6. The Balaban J connectivity index is 1.84. The summed E-state index contributed by atoms with van der Waals surface area (Å²) in [6, 6.07) is 9.64. The molecule has 0 spiro atoms. The van der Waals surface area contributed by atoms with Crippen LogP contribution < -0.4 is 15.8 Å². The monoisotopic (exact) mass is 292 g/mol. The summed E-state index contributed by atoms with van der Waals surface area (Å²) in [5.74, 6) is -1.24. The number of ether oxygens (including phenoxy) is 1. The van der Waals surface area contributed by atoms with E-state index in [1.807, 2.05) is 0 Å². The molecule has 0 heterocycles. The molecule has 0 radical (unpaired) electrons. The Morgan fingerprint density at radius 2 is 2.00 bits per heavy atom. The van der Waals surface area contributed by atoms with Crippen molar-refractivity contribution in [2.45, 2.75) is 6.42 Å². The van der Waals surface area contributed by atoms with E-state index in [4.69, 9.17) is 10.5 Å². The molecule has 0 atom stereocenters. The van der Waals surface area contributed by atoms with Crippen molar-refractivity contribution in [3.63, 3.8) is 0 Å². The number of amides is 1. The van der Waals surface area contributed by atoms with Crippen molar-refractivity contribution in [2.24, 2.45) is 0 Å². The summed E-state index contributed by atoms with van der Waals surface area (Å²) in [5.41, 5.74) is 5.95. The van der Waals surface area contributed by atoms with Gasteiger partial charge in [0.05, 0.1) is 18.7 Å². The van der Waals surface area contributed by atoms with Gasteiger partial charge in [0.15, 0.2) is 0 Å². The molecule has 0 aliphatic carbocycles. The maximum atomic E-state index is 13.3. The summed E-state index contributed by atoms with van der Waals surface area (Å²) < 4.78 is 31.6. The third-order valence-corrected chi connectivity index (χ3v) is 2.66. The number of hydrogen-bond donors (Lipinski definition) is 2. The summed E-state index contributed by atoms with van der Waals surface area (Å²) in [5, 5.41) is 2.29. The molecule has 0 saturated carbocycles. The first-order valence-corrected chi connectivity index (χ1v) is 6.28. The number of hydrogen-bond acceptors (Lipinski definition) is 3. The zero-order valence-corrected chi connectivity index (χ0v) is 11.1. The minimum absolute atomic E-state index is 0.00471. The third-order valence-electron chi connectivity index (χ3n) is 2.66. The van der Waals surface area contributed by atoms with Gasteiger partial charge in [0.2, 0.25) is 5.91 Å². The van der Waals surface area contributed by atoms with Gasteiger partial charge < -0.3 is 15.8 Å². The summed E-state index contributed by atoms with van der Waals surface area (Å²) >= 11 is 0. The quantitative estimate of drug-likeness (QED) is 0.833. The lowest BCUT2D eigenvalue weighted by Crippen LogP contribution is -2.16. The highest BCUT2D eigenvalue weighted by atomic mass is 19.1. The number of nitrogens with one attached hydrogen (secondary N) is 1. The molecule has 6 heteroatoms. The number of benzene rings is 2. The van der Waals surface area contributed by atoms with Gasteiger partial charge in [0.25, 0.3) is 0 Å². The largest absolute Gasteiger partial charge is 0.493 e. The van der Waals surface area contributed by atoms with Crippen LogP contribution in [0.25, 0.3) is 0 Å². The lowest BCUT2D eigenvalue weighted by atomic mass is 10.3. The number of nitrogen functional groups attached to an aromatic ring is 1. The van der Waals surface area contributed by atoms with Crippen LogP contribution in [0.5, 0.6) is 5.75 Å². The molecule has 21 heavy (non-hydrogen) atoms. The highest BCUT2D eigenvalue weighted by molar-refractivity contribution is 5.90. The van der Waals surface area contributed by atoms with Crippen molar-refractivity contribution in [3.8, 4) is 5.75 Å². The molecule has 0 aliphatic heterocycles. The number of nitrogens with two attached hydrogens (primary N) is 1. The number of carbonyl (C=O) groups is 1. The van der Waals surface area contributed by atoms with E-state index in [0.29, 0.717) is 11.4 Å². The Morgan fingerprint density at radius 3 is 2.76 bits per heavy atom. The molecule has 110 valence electrons. The fourth-order valence-electron chi connectivity index (χ4n) is 1.67. The number of rotatable bonds is 5. The molecule has 2 rings (SSSR count). The predicted molar refractivity (Wildman–Crippen MR) is 76.0 cm³/mol. The molecule has 2 aromatic rings. The molecule has 0 unspecified atom stereocenters. The molecule has 4 nitrogen and oxygen atoms in total. The Bertz CT molecular complexity index is 647. The van der Waals surface area contributed by atoms with Gasteiger partial charge in [0.1, 0.15) is 17.4 Å². The molecular formula is C15H14F2N2O2. The zero-order valence-electron chi connectivity index (χ0n) is 11.1. The Labute approximate surface area is 120 Å². The van der Waals surface area contributed by atoms with Crippen LogP contribution in [-0.2, 0) is 4.79 Å². The fraction of sp³-hybridized carbons (Fsp3) is 0.133. The van der Waals surface area contributed by atoms with Gasteiger partial charge in [-0.15, -0.1) is 0 Å². The van der Waals surface area contributed by atoms with E-state index in [0.717, 1.165) is 18.2 Å². The van der Waals surface area contributed by atoms with Gasteiger partial charge in [-0.2, -0.15) is 0 Å². The minimum Gasteiger partial charge on any atom is -0.493 e. The topological polar surface area (TPSA) is 64.3 Å². The summed E-state index contributed by atoms with van der Waals surface area (Å²) in [6.07, 6.45) is 0.00471. The Morgan fingerprint density at radius 1 is 1.19 bits per heavy atom. The average Bonchev–Trinajstić information content (AvgIpc) is 2.43. The van der Waals surface area contributed by atoms with E-state index >= 15 is 0 Å². The van der Waals surface area contributed by atoms with Gasteiger partial charge in [-0.3, -0.25) is 4.79 Å². The van der Waals surface area contributed by atoms with Crippen LogP contribution >= 0.6 is 0 Å². The van der Waals surface area contributed by atoms with Gasteiger partial charge in [0, 0.05) is 17.8 Å². The Kier molecular flexibility index (Phi) is 4.71. The van der Waals surface area contributed by atoms with Crippen molar-refractivity contribution in [2.75, 3.05) is 17.7 Å². The molecule has 0 aliphatic rings. The number of carbonyl (C=O) groups excluding carboxylic acids is 1. The van der Waals surface area contributed by atoms with Crippen LogP contribution in [0.15, 0.2) is 42.5 Å². The van der Waals surface area contributed by atoms with Crippen LogP contribution in [0.3, 0.4) is 0 Å². The van der Waals surface area contributed by atoms with Crippen molar-refractivity contribution < 1.29 is 18.3 Å². The maximum absolute atomic E-state index is 13.3. The highest BCUT2D eigenvalue weighted by Gasteiger charge is 2.08. The van der Waals surface area contributed by atoms with Crippen molar-refractivity contribution in [1.29, 1.82) is 0 Å². The summed E-state index contributed by atoms with van der Waals surface area (Å²) in [6.45, 7) is 0.103. The highest BCUT2D eigenvalue weighted by Crippen LogP contribution is 2.16. The molecule has 0 saturated heterocycles. The van der Waals surface area contributed by atoms with Gasteiger partial charge >= 0.3 is 0 Å². The molecule has 0 aromatic heterocycles. The van der Waals surface area contributed by atoms with Crippen LogP contribution in [0.4, 0.5) is 20.2 Å². The van der Waals surface area contributed by atoms with E-state index in [1.54, 1.807) is 24.3 Å². The molecular weight excluding hydrogens is 278 g/mol. The zero-order chi connectivity index (χ0) is 15.2. The van der Waals surface area contributed by atoms with E-state index in [9.17, 15) is 13.6 Å². The fourth-order valence-corrected chi connectivity index (χ4v) is 1.67. The first-order chi connectivity index (χ1) is 10.0. The SMILES string of the molecule is Nc1cccc(OCCC(=O)Nc2cc(F)ccc2F)c1. The Hall–Kier alpha value is -2.63. The molecule has 1 amide bonds. The maximum Gasteiger partial charge on any atom is 0.227 e. The minimum atomic E-state index is -0.693. The second-order valence-corrected chi connectivity index (χ2v) is 4.34. The first kappa shape index (κ1) is 14.8. The van der Waals surface area contributed by atoms with E-state index in [1.165, 1.54) is 0 Å². The van der Waals surface area contributed by atoms with Crippen LogP contribution in [0.2, 0.25) is 0 Å². The first-order valence-electron chi connectivity index (χ1n) is 6.28. The van der Waals surface area contributed by atoms with E-state index in [-0.39, 0.29) is 18.7 Å². The second-order valence-electron chi connectivity index (χ2n) is 4.34. The van der Waals surface area contributed by atoms with Crippen molar-refractivity contribution >= 4 is 17.3 Å².